The van der Waals surface area contributed by atoms with E-state index in [9.17, 15) is 4.79 Å². The number of carbonyl (C=O) groups is 1. The molecule has 0 saturated carbocycles. The summed E-state index contributed by atoms with van der Waals surface area (Å²) in [7, 11) is 0. The smallest absolute Gasteiger partial charge is 0.248 e. The second-order valence-electron chi connectivity index (χ2n) is 5.33. The fourth-order valence-electron chi connectivity index (χ4n) is 2.57. The average molecular weight is 307 g/mol. The molecule has 0 aromatic heterocycles. The Morgan fingerprint density at radius 2 is 1.90 bits per heavy atom. The molecule has 1 heterocycles. The summed E-state index contributed by atoms with van der Waals surface area (Å²) in [5.41, 5.74) is 0. The van der Waals surface area contributed by atoms with Gasteiger partial charge >= 0.3 is 0 Å². The van der Waals surface area contributed by atoms with Crippen LogP contribution in [0.5, 0.6) is 0 Å². The predicted octanol–water partition coefficient (Wildman–Crippen LogP) is 2.61. The number of unbranched alkanes of at least 4 members (excludes halogenated alkanes) is 2. The molecule has 20 heavy (non-hydrogen) atoms. The topological polar surface area (TPSA) is 41.6 Å². The summed E-state index contributed by atoms with van der Waals surface area (Å²) in [5, 5.41) is 3.35. The minimum absolute atomic E-state index is 0. The number of hydrogen-bond acceptors (Lipinski definition) is 3. The molecule has 1 fully saturated rings. The van der Waals surface area contributed by atoms with Crippen LogP contribution in [0.25, 0.3) is 0 Å². The van der Waals surface area contributed by atoms with Gasteiger partial charge in [-0.15, -0.1) is 12.4 Å². The lowest BCUT2D eigenvalue weighted by molar-refractivity contribution is -0.139. The van der Waals surface area contributed by atoms with E-state index < -0.39 is 0 Å². The molecule has 5 heteroatoms. The maximum atomic E-state index is 12.2. The molecule has 0 spiro atoms. The Balaban J connectivity index is 0.00000361. The van der Waals surface area contributed by atoms with Crippen LogP contribution in [0.4, 0.5) is 0 Å². The molecule has 0 bridgehead atoms. The van der Waals surface area contributed by atoms with Gasteiger partial charge in [-0.05, 0) is 38.8 Å². The molecule has 1 rings (SSSR count). The number of amides is 1. The number of rotatable bonds is 9. The number of nitrogens with zero attached hydrogens (tertiary/aromatic N) is 1. The van der Waals surface area contributed by atoms with Crippen LogP contribution in [0, 0.1) is 0 Å². The minimum Gasteiger partial charge on any atom is -0.372 e. The van der Waals surface area contributed by atoms with E-state index in [1.165, 1.54) is 12.8 Å². The molecule has 0 aromatic rings. The number of ether oxygens (including phenoxy) is 1. The first-order valence-corrected chi connectivity index (χ1v) is 7.87. The highest BCUT2D eigenvalue weighted by molar-refractivity contribution is 5.85. The summed E-state index contributed by atoms with van der Waals surface area (Å²) in [6.45, 7) is 8.18. The van der Waals surface area contributed by atoms with Crippen molar-refractivity contribution in [2.24, 2.45) is 0 Å². The molecular weight excluding hydrogens is 276 g/mol. The first-order valence-electron chi connectivity index (χ1n) is 7.87. The number of carbonyl (C=O) groups excluding carboxylic acids is 1. The van der Waals surface area contributed by atoms with E-state index in [0.717, 1.165) is 45.3 Å². The van der Waals surface area contributed by atoms with E-state index in [4.69, 9.17) is 4.74 Å². The Morgan fingerprint density at radius 3 is 2.50 bits per heavy atom. The summed E-state index contributed by atoms with van der Waals surface area (Å²) >= 11 is 0. The first-order chi connectivity index (χ1) is 9.29. The van der Waals surface area contributed by atoms with Gasteiger partial charge in [0, 0.05) is 19.2 Å². The third-order valence-corrected chi connectivity index (χ3v) is 3.65. The lowest BCUT2D eigenvalue weighted by Gasteiger charge is -2.34. The van der Waals surface area contributed by atoms with Crippen molar-refractivity contribution in [1.82, 2.24) is 10.2 Å². The van der Waals surface area contributed by atoms with Gasteiger partial charge in [0.15, 0.2) is 0 Å². The normalized spacial score (nSPS) is 15.7. The van der Waals surface area contributed by atoms with Gasteiger partial charge in [0.2, 0.25) is 5.91 Å². The maximum Gasteiger partial charge on any atom is 0.248 e. The number of hydrogen-bond donors (Lipinski definition) is 1. The summed E-state index contributed by atoms with van der Waals surface area (Å²) < 4.78 is 5.51. The van der Waals surface area contributed by atoms with Crippen molar-refractivity contribution in [3.8, 4) is 0 Å². The summed E-state index contributed by atoms with van der Waals surface area (Å²) in [6, 6.07) is 0.410. The van der Waals surface area contributed by atoms with Gasteiger partial charge in [-0.2, -0.15) is 0 Å². The second kappa shape index (κ2) is 12.4. The molecule has 1 aliphatic rings. The molecule has 1 amide bonds. The monoisotopic (exact) mass is 306 g/mol. The zero-order chi connectivity index (χ0) is 13.9. The Bertz CT molecular complexity index is 246. The first kappa shape index (κ1) is 19.7. The van der Waals surface area contributed by atoms with Crippen molar-refractivity contribution < 1.29 is 9.53 Å². The second-order valence-corrected chi connectivity index (χ2v) is 5.33. The largest absolute Gasteiger partial charge is 0.372 e. The SMILES string of the molecule is CCCCCOCC(=O)N(CCC)C1CCNCC1.Cl. The third kappa shape index (κ3) is 7.46. The van der Waals surface area contributed by atoms with Crippen molar-refractivity contribution in [1.29, 1.82) is 0 Å². The summed E-state index contributed by atoms with van der Waals surface area (Å²) in [4.78, 5) is 14.3. The molecule has 1 saturated heterocycles. The van der Waals surface area contributed by atoms with Gasteiger partial charge in [-0.25, -0.2) is 0 Å². The maximum absolute atomic E-state index is 12.2. The van der Waals surface area contributed by atoms with Gasteiger partial charge in [0.25, 0.3) is 0 Å². The van der Waals surface area contributed by atoms with E-state index in [2.05, 4.69) is 19.2 Å². The molecular formula is C15H31ClN2O2. The van der Waals surface area contributed by atoms with Gasteiger partial charge in [0.1, 0.15) is 6.61 Å². The Labute approximate surface area is 130 Å². The molecule has 0 radical (unpaired) electrons. The van der Waals surface area contributed by atoms with E-state index in [1.54, 1.807) is 0 Å². The van der Waals surface area contributed by atoms with Crippen LogP contribution in [0.15, 0.2) is 0 Å². The van der Waals surface area contributed by atoms with Crippen LogP contribution < -0.4 is 5.32 Å². The summed E-state index contributed by atoms with van der Waals surface area (Å²) in [6.07, 6.45) is 6.59. The van der Waals surface area contributed by atoms with Crippen LogP contribution in [0.1, 0.15) is 52.4 Å². The van der Waals surface area contributed by atoms with Gasteiger partial charge in [-0.1, -0.05) is 26.7 Å². The van der Waals surface area contributed by atoms with Crippen LogP contribution in [-0.4, -0.2) is 49.7 Å². The van der Waals surface area contributed by atoms with Gasteiger partial charge in [0.05, 0.1) is 0 Å². The van der Waals surface area contributed by atoms with Crippen molar-refractivity contribution in [2.75, 3.05) is 32.8 Å². The Hall–Kier alpha value is -0.320. The van der Waals surface area contributed by atoms with Gasteiger partial charge in [-0.3, -0.25) is 4.79 Å². The van der Waals surface area contributed by atoms with Crippen LogP contribution >= 0.6 is 12.4 Å². The van der Waals surface area contributed by atoms with E-state index in [0.29, 0.717) is 12.6 Å². The fraction of sp³-hybridized carbons (Fsp3) is 0.933. The average Bonchev–Trinajstić information content (AvgIpc) is 2.45. The van der Waals surface area contributed by atoms with Gasteiger partial charge < -0.3 is 15.0 Å². The number of piperidine rings is 1. The van der Waals surface area contributed by atoms with Crippen molar-refractivity contribution >= 4 is 18.3 Å². The molecule has 0 atom stereocenters. The lowest BCUT2D eigenvalue weighted by atomic mass is 10.0. The molecule has 0 aliphatic carbocycles. The molecule has 4 nitrogen and oxygen atoms in total. The molecule has 120 valence electrons. The van der Waals surface area contributed by atoms with Crippen LogP contribution in [0.3, 0.4) is 0 Å². The predicted molar refractivity (Wildman–Crippen MR) is 85.5 cm³/mol. The highest BCUT2D eigenvalue weighted by atomic mass is 35.5. The van der Waals surface area contributed by atoms with E-state index in [1.807, 2.05) is 4.90 Å². The highest BCUT2D eigenvalue weighted by Crippen LogP contribution is 2.13. The Kier molecular flexibility index (Phi) is 12.2. The molecule has 0 aromatic carbocycles. The standard InChI is InChI=1S/C15H30N2O2.ClH/c1-3-5-6-12-19-13-15(18)17(11-4-2)14-7-9-16-10-8-14;/h14,16H,3-13H2,1-2H3;1H. The quantitative estimate of drug-likeness (QED) is 0.666. The Morgan fingerprint density at radius 1 is 1.20 bits per heavy atom. The van der Waals surface area contributed by atoms with Crippen LogP contribution in [0.2, 0.25) is 0 Å². The molecule has 0 unspecified atom stereocenters. The summed E-state index contributed by atoms with van der Waals surface area (Å²) in [5.74, 6) is 0.172. The highest BCUT2D eigenvalue weighted by Gasteiger charge is 2.24. The zero-order valence-corrected chi connectivity index (χ0v) is 13.8. The van der Waals surface area contributed by atoms with Crippen molar-refractivity contribution in [3.63, 3.8) is 0 Å². The van der Waals surface area contributed by atoms with E-state index >= 15 is 0 Å². The molecule has 1 N–H and O–H groups in total. The molecule has 1 aliphatic heterocycles. The lowest BCUT2D eigenvalue weighted by Crippen LogP contribution is -2.47. The number of halogens is 1. The van der Waals surface area contributed by atoms with Crippen molar-refractivity contribution in [2.45, 2.75) is 58.4 Å². The van der Waals surface area contributed by atoms with Crippen LogP contribution in [-0.2, 0) is 9.53 Å². The minimum atomic E-state index is 0. The fourth-order valence-corrected chi connectivity index (χ4v) is 2.57. The van der Waals surface area contributed by atoms with E-state index in [-0.39, 0.29) is 24.9 Å². The third-order valence-electron chi connectivity index (χ3n) is 3.65. The van der Waals surface area contributed by atoms with Crippen molar-refractivity contribution in [3.05, 3.63) is 0 Å². The zero-order valence-electron chi connectivity index (χ0n) is 13.0. The number of nitrogens with one attached hydrogen (secondary N) is 1.